The summed E-state index contributed by atoms with van der Waals surface area (Å²) in [6, 6.07) is 0. The van der Waals surface area contributed by atoms with Crippen molar-refractivity contribution in [2.45, 2.75) is 239 Å². The van der Waals surface area contributed by atoms with Gasteiger partial charge in [-0.25, -0.2) is 0 Å². The second-order valence-electron chi connectivity index (χ2n) is 14.9. The highest BCUT2D eigenvalue weighted by molar-refractivity contribution is 5.70. The van der Waals surface area contributed by atoms with Crippen molar-refractivity contribution in [2.24, 2.45) is 5.92 Å². The minimum Gasteiger partial charge on any atom is -0.462 e. The maximum Gasteiger partial charge on any atom is 0.306 e. The van der Waals surface area contributed by atoms with E-state index >= 15 is 0 Å². The smallest absolute Gasteiger partial charge is 0.306 e. The quantitative estimate of drug-likeness (QED) is 0.0524. The molecule has 5 nitrogen and oxygen atoms in total. The zero-order valence-corrected chi connectivity index (χ0v) is 32.0. The molecule has 0 aliphatic carbocycles. The van der Waals surface area contributed by atoms with E-state index in [9.17, 15) is 14.7 Å². The molecule has 280 valence electrons. The highest BCUT2D eigenvalue weighted by Crippen LogP contribution is 2.16. The SMILES string of the molecule is CCCCCCCCCCCCCCCCCCCC(=O)O[C@@H](CO)COC(=O)CCCCCCCCCCCCCCCC(C)C. The van der Waals surface area contributed by atoms with E-state index in [1.54, 1.807) is 0 Å². The Morgan fingerprint density at radius 2 is 0.787 bits per heavy atom. The Hall–Kier alpha value is -1.10. The predicted molar refractivity (Wildman–Crippen MR) is 201 cm³/mol. The summed E-state index contributed by atoms with van der Waals surface area (Å²) < 4.78 is 10.6. The maximum absolute atomic E-state index is 12.2. The molecule has 0 unspecified atom stereocenters. The topological polar surface area (TPSA) is 72.8 Å². The van der Waals surface area contributed by atoms with Crippen LogP contribution in [0.2, 0.25) is 0 Å². The third-order valence-corrected chi connectivity index (χ3v) is 9.58. The summed E-state index contributed by atoms with van der Waals surface area (Å²) >= 11 is 0. The van der Waals surface area contributed by atoms with Gasteiger partial charge in [0.1, 0.15) is 6.61 Å². The molecule has 5 heteroatoms. The lowest BCUT2D eigenvalue weighted by atomic mass is 10.0. The fourth-order valence-corrected chi connectivity index (χ4v) is 6.39. The summed E-state index contributed by atoms with van der Waals surface area (Å²) in [6.07, 6.45) is 40.2. The van der Waals surface area contributed by atoms with Crippen LogP contribution in [0, 0.1) is 5.92 Å². The normalized spacial score (nSPS) is 12.1. The van der Waals surface area contributed by atoms with Gasteiger partial charge in [-0.3, -0.25) is 9.59 Å². The molecule has 0 aromatic carbocycles. The van der Waals surface area contributed by atoms with Crippen molar-refractivity contribution in [1.29, 1.82) is 0 Å². The zero-order valence-electron chi connectivity index (χ0n) is 32.0. The predicted octanol–water partition coefficient (Wildman–Crippen LogP) is 13.0. The fraction of sp³-hybridized carbons (Fsp3) is 0.952. The number of hydrogen-bond donors (Lipinski definition) is 1. The van der Waals surface area contributed by atoms with Crippen molar-refractivity contribution in [3.05, 3.63) is 0 Å². The van der Waals surface area contributed by atoms with E-state index in [-0.39, 0.29) is 25.2 Å². The average molecular weight is 667 g/mol. The second-order valence-corrected chi connectivity index (χ2v) is 14.9. The summed E-state index contributed by atoms with van der Waals surface area (Å²) in [4.78, 5) is 24.3. The van der Waals surface area contributed by atoms with Crippen LogP contribution in [0.3, 0.4) is 0 Å². The first-order valence-electron chi connectivity index (χ1n) is 21.0. The Morgan fingerprint density at radius 1 is 0.468 bits per heavy atom. The lowest BCUT2D eigenvalue weighted by molar-refractivity contribution is -0.161. The molecule has 0 aromatic heterocycles. The van der Waals surface area contributed by atoms with Gasteiger partial charge in [-0.05, 0) is 18.8 Å². The van der Waals surface area contributed by atoms with Crippen molar-refractivity contribution in [3.8, 4) is 0 Å². The Bertz CT molecular complexity index is 649. The molecular formula is C42H82O5. The molecule has 47 heavy (non-hydrogen) atoms. The lowest BCUT2D eigenvalue weighted by Crippen LogP contribution is -2.28. The summed E-state index contributed by atoms with van der Waals surface area (Å²) in [6.45, 7) is 6.52. The molecule has 1 atom stereocenters. The van der Waals surface area contributed by atoms with Gasteiger partial charge >= 0.3 is 11.9 Å². The van der Waals surface area contributed by atoms with Gasteiger partial charge in [0.15, 0.2) is 6.10 Å². The molecule has 0 bridgehead atoms. The van der Waals surface area contributed by atoms with Gasteiger partial charge in [0.2, 0.25) is 0 Å². The number of hydrogen-bond acceptors (Lipinski definition) is 5. The van der Waals surface area contributed by atoms with E-state index in [2.05, 4.69) is 20.8 Å². The largest absolute Gasteiger partial charge is 0.462 e. The van der Waals surface area contributed by atoms with E-state index in [0.717, 1.165) is 38.0 Å². The minimum atomic E-state index is -0.762. The van der Waals surface area contributed by atoms with Crippen molar-refractivity contribution < 1.29 is 24.2 Å². The lowest BCUT2D eigenvalue weighted by Gasteiger charge is -2.15. The molecule has 1 N–H and O–H groups in total. The van der Waals surface area contributed by atoms with Gasteiger partial charge in [0, 0.05) is 12.8 Å². The summed E-state index contributed by atoms with van der Waals surface area (Å²) in [5.41, 5.74) is 0. The maximum atomic E-state index is 12.2. The van der Waals surface area contributed by atoms with Gasteiger partial charge < -0.3 is 14.6 Å². The molecule has 0 rings (SSSR count). The highest BCUT2D eigenvalue weighted by Gasteiger charge is 2.16. The van der Waals surface area contributed by atoms with Crippen LogP contribution in [-0.2, 0) is 19.1 Å². The summed E-state index contributed by atoms with van der Waals surface area (Å²) in [7, 11) is 0. The number of aliphatic hydroxyl groups excluding tert-OH is 1. The molecule has 0 aliphatic rings. The summed E-state index contributed by atoms with van der Waals surface area (Å²) in [5, 5.41) is 9.56. The van der Waals surface area contributed by atoms with Crippen LogP contribution in [0.5, 0.6) is 0 Å². The average Bonchev–Trinajstić information content (AvgIpc) is 3.06. The van der Waals surface area contributed by atoms with Gasteiger partial charge in [-0.2, -0.15) is 0 Å². The van der Waals surface area contributed by atoms with E-state index in [1.807, 2.05) is 0 Å². The number of unbranched alkanes of at least 4 members (excludes halogenated alkanes) is 28. The third-order valence-electron chi connectivity index (χ3n) is 9.58. The number of aliphatic hydroxyl groups is 1. The molecule has 0 heterocycles. The van der Waals surface area contributed by atoms with Crippen LogP contribution in [0.25, 0.3) is 0 Å². The van der Waals surface area contributed by atoms with Crippen molar-refractivity contribution in [3.63, 3.8) is 0 Å². The summed E-state index contributed by atoms with van der Waals surface area (Å²) in [5.74, 6) is 0.273. The van der Waals surface area contributed by atoms with E-state index < -0.39 is 6.10 Å². The van der Waals surface area contributed by atoms with Gasteiger partial charge in [0.05, 0.1) is 6.61 Å². The van der Waals surface area contributed by atoms with Gasteiger partial charge in [-0.15, -0.1) is 0 Å². The highest BCUT2D eigenvalue weighted by atomic mass is 16.6. The van der Waals surface area contributed by atoms with Crippen LogP contribution in [0.1, 0.15) is 233 Å². The van der Waals surface area contributed by atoms with Gasteiger partial charge in [0.25, 0.3) is 0 Å². The zero-order chi connectivity index (χ0) is 34.5. The number of rotatable bonds is 38. The molecule has 0 radical (unpaired) electrons. The molecule has 0 fully saturated rings. The Kier molecular flexibility index (Phi) is 36.8. The van der Waals surface area contributed by atoms with Crippen LogP contribution in [-0.4, -0.2) is 36.4 Å². The Balaban J connectivity index is 3.48. The van der Waals surface area contributed by atoms with Crippen LogP contribution >= 0.6 is 0 Å². The van der Waals surface area contributed by atoms with Crippen LogP contribution < -0.4 is 0 Å². The first-order valence-corrected chi connectivity index (χ1v) is 21.0. The molecule has 0 aliphatic heterocycles. The first kappa shape index (κ1) is 45.9. The first-order chi connectivity index (χ1) is 23.0. The standard InChI is InChI=1S/C42H82O5/c1-4-5-6-7-8-9-10-11-12-13-14-17-21-24-27-30-33-36-42(45)47-40(37-43)38-46-41(44)35-32-29-26-23-20-18-15-16-19-22-25-28-31-34-39(2)3/h39-40,43H,4-38H2,1-3H3/t40-/m0/s1. The second kappa shape index (κ2) is 37.7. The van der Waals surface area contributed by atoms with Crippen molar-refractivity contribution >= 4 is 11.9 Å². The molecule has 0 aromatic rings. The number of carbonyl (C=O) groups is 2. The Labute approximate surface area is 293 Å². The minimum absolute atomic E-state index is 0.0575. The van der Waals surface area contributed by atoms with E-state index in [0.29, 0.717) is 12.8 Å². The van der Waals surface area contributed by atoms with E-state index in [4.69, 9.17) is 9.47 Å². The monoisotopic (exact) mass is 667 g/mol. The van der Waals surface area contributed by atoms with Gasteiger partial charge in [-0.1, -0.05) is 207 Å². The molecular weight excluding hydrogens is 584 g/mol. The molecule has 0 amide bonds. The Morgan fingerprint density at radius 3 is 1.13 bits per heavy atom. The molecule has 0 saturated carbocycles. The van der Waals surface area contributed by atoms with Crippen LogP contribution in [0.15, 0.2) is 0 Å². The fourth-order valence-electron chi connectivity index (χ4n) is 6.39. The number of carbonyl (C=O) groups excluding carboxylic acids is 2. The molecule has 0 saturated heterocycles. The molecule has 0 spiro atoms. The number of esters is 2. The van der Waals surface area contributed by atoms with Crippen molar-refractivity contribution in [2.75, 3.05) is 13.2 Å². The van der Waals surface area contributed by atoms with Crippen LogP contribution in [0.4, 0.5) is 0 Å². The number of ether oxygens (including phenoxy) is 2. The van der Waals surface area contributed by atoms with Crippen molar-refractivity contribution in [1.82, 2.24) is 0 Å². The van der Waals surface area contributed by atoms with E-state index in [1.165, 1.54) is 167 Å². The third kappa shape index (κ3) is 37.6.